The number of nitrogens with one attached hydrogen (secondary N) is 1. The first-order valence-corrected chi connectivity index (χ1v) is 9.34. The second-order valence-corrected chi connectivity index (χ2v) is 6.48. The van der Waals surface area contributed by atoms with Gasteiger partial charge in [0.05, 0.1) is 13.7 Å². The Morgan fingerprint density at radius 3 is 2.52 bits per heavy atom. The number of carbonyl (C=O) groups excluding carboxylic acids is 1. The Bertz CT molecular complexity index is 728. The number of benzene rings is 2. The minimum atomic E-state index is -0.578. The lowest BCUT2D eigenvalue weighted by molar-refractivity contribution is -0.127. The maximum absolute atomic E-state index is 12.3. The number of aryl methyl sites for hydroxylation is 1. The number of hydrogen-bond acceptors (Lipinski definition) is 4. The van der Waals surface area contributed by atoms with Crippen molar-refractivity contribution in [1.29, 1.82) is 0 Å². The lowest BCUT2D eigenvalue weighted by Gasteiger charge is -2.16. The van der Waals surface area contributed by atoms with E-state index in [1.807, 2.05) is 49.4 Å². The molecule has 0 aliphatic carbocycles. The first kappa shape index (κ1) is 20.6. The van der Waals surface area contributed by atoms with Gasteiger partial charge in [0.1, 0.15) is 5.75 Å². The summed E-state index contributed by atoms with van der Waals surface area (Å²) in [5.74, 6) is 1.90. The van der Waals surface area contributed by atoms with E-state index in [0.717, 1.165) is 29.7 Å². The van der Waals surface area contributed by atoms with Gasteiger partial charge < -0.3 is 19.5 Å². The van der Waals surface area contributed by atoms with Crippen molar-refractivity contribution in [1.82, 2.24) is 5.32 Å². The average Bonchev–Trinajstić information content (AvgIpc) is 2.68. The number of rotatable bonds is 10. The van der Waals surface area contributed by atoms with Crippen LogP contribution in [0, 0.1) is 6.92 Å². The SMILES string of the molecule is CCCCOc1ccc(CNC(=O)C(C)Oc2ccc(C)cc2)cc1OC. The van der Waals surface area contributed by atoms with Crippen LogP contribution in [-0.2, 0) is 11.3 Å². The summed E-state index contributed by atoms with van der Waals surface area (Å²) < 4.78 is 16.8. The molecule has 0 bridgehead atoms. The summed E-state index contributed by atoms with van der Waals surface area (Å²) in [6.07, 6.45) is 1.50. The third-order valence-electron chi connectivity index (χ3n) is 4.15. The van der Waals surface area contributed by atoms with E-state index < -0.39 is 6.10 Å². The second kappa shape index (κ2) is 10.5. The lowest BCUT2D eigenvalue weighted by atomic mass is 10.2. The normalized spacial score (nSPS) is 11.6. The third kappa shape index (κ3) is 6.51. The van der Waals surface area contributed by atoms with Gasteiger partial charge in [-0.25, -0.2) is 0 Å². The molecule has 2 aromatic rings. The minimum absolute atomic E-state index is 0.169. The van der Waals surface area contributed by atoms with E-state index in [2.05, 4.69) is 12.2 Å². The van der Waals surface area contributed by atoms with Gasteiger partial charge in [0, 0.05) is 6.54 Å². The molecule has 0 heterocycles. The average molecular weight is 371 g/mol. The zero-order valence-corrected chi connectivity index (χ0v) is 16.6. The molecule has 5 nitrogen and oxygen atoms in total. The number of hydrogen-bond donors (Lipinski definition) is 1. The van der Waals surface area contributed by atoms with Crippen LogP contribution in [0.5, 0.6) is 17.2 Å². The van der Waals surface area contributed by atoms with Crippen LogP contribution in [0.4, 0.5) is 0 Å². The Hall–Kier alpha value is -2.69. The maximum atomic E-state index is 12.3. The van der Waals surface area contributed by atoms with E-state index in [0.29, 0.717) is 24.7 Å². The van der Waals surface area contributed by atoms with Crippen LogP contribution in [0.2, 0.25) is 0 Å². The zero-order chi connectivity index (χ0) is 19.6. The number of carbonyl (C=O) groups is 1. The van der Waals surface area contributed by atoms with Crippen molar-refractivity contribution in [3.63, 3.8) is 0 Å². The fourth-order valence-electron chi connectivity index (χ4n) is 2.48. The van der Waals surface area contributed by atoms with Crippen LogP contribution in [0.25, 0.3) is 0 Å². The summed E-state index contributed by atoms with van der Waals surface area (Å²) in [7, 11) is 1.61. The summed E-state index contributed by atoms with van der Waals surface area (Å²) >= 11 is 0. The fourth-order valence-corrected chi connectivity index (χ4v) is 2.48. The molecule has 0 spiro atoms. The number of ether oxygens (including phenoxy) is 3. The van der Waals surface area contributed by atoms with Crippen molar-refractivity contribution in [3.8, 4) is 17.2 Å². The molecule has 27 heavy (non-hydrogen) atoms. The minimum Gasteiger partial charge on any atom is -0.493 e. The Morgan fingerprint density at radius 2 is 1.85 bits per heavy atom. The van der Waals surface area contributed by atoms with E-state index in [1.54, 1.807) is 14.0 Å². The van der Waals surface area contributed by atoms with Crippen LogP contribution in [0.1, 0.15) is 37.8 Å². The Kier molecular flexibility index (Phi) is 7.99. The van der Waals surface area contributed by atoms with Gasteiger partial charge in [-0.1, -0.05) is 37.1 Å². The molecule has 0 radical (unpaired) electrons. The summed E-state index contributed by atoms with van der Waals surface area (Å²) in [6, 6.07) is 13.3. The maximum Gasteiger partial charge on any atom is 0.261 e. The van der Waals surface area contributed by atoms with Crippen molar-refractivity contribution >= 4 is 5.91 Å². The van der Waals surface area contributed by atoms with Crippen molar-refractivity contribution in [3.05, 3.63) is 53.6 Å². The first-order chi connectivity index (χ1) is 13.0. The largest absolute Gasteiger partial charge is 0.493 e. The van der Waals surface area contributed by atoms with Gasteiger partial charge in [0.2, 0.25) is 0 Å². The topological polar surface area (TPSA) is 56.8 Å². The standard InChI is InChI=1S/C22H29NO4/c1-5-6-13-26-20-12-9-18(14-21(20)25-4)15-23-22(24)17(3)27-19-10-7-16(2)8-11-19/h7-12,14,17H,5-6,13,15H2,1-4H3,(H,23,24). The number of methoxy groups -OCH3 is 1. The molecule has 0 saturated heterocycles. The fraction of sp³-hybridized carbons (Fsp3) is 0.409. The van der Waals surface area contributed by atoms with Crippen molar-refractivity contribution in [2.75, 3.05) is 13.7 Å². The predicted octanol–water partition coefficient (Wildman–Crippen LogP) is 4.27. The van der Waals surface area contributed by atoms with Crippen molar-refractivity contribution in [2.45, 2.75) is 46.3 Å². The van der Waals surface area contributed by atoms with Crippen LogP contribution in [-0.4, -0.2) is 25.7 Å². The molecule has 2 rings (SSSR count). The molecular weight excluding hydrogens is 342 g/mol. The van der Waals surface area contributed by atoms with Crippen LogP contribution < -0.4 is 19.5 Å². The molecule has 0 aromatic heterocycles. The van der Waals surface area contributed by atoms with Gasteiger partial charge in [-0.3, -0.25) is 4.79 Å². The van der Waals surface area contributed by atoms with Crippen LogP contribution >= 0.6 is 0 Å². The van der Waals surface area contributed by atoms with E-state index in [4.69, 9.17) is 14.2 Å². The molecule has 0 saturated carbocycles. The smallest absolute Gasteiger partial charge is 0.261 e. The highest BCUT2D eigenvalue weighted by Crippen LogP contribution is 2.28. The summed E-state index contributed by atoms with van der Waals surface area (Å²) in [6.45, 7) is 6.92. The highest BCUT2D eigenvalue weighted by atomic mass is 16.5. The quantitative estimate of drug-likeness (QED) is 0.634. The highest BCUT2D eigenvalue weighted by Gasteiger charge is 2.15. The monoisotopic (exact) mass is 371 g/mol. The van der Waals surface area contributed by atoms with Crippen molar-refractivity contribution < 1.29 is 19.0 Å². The van der Waals surface area contributed by atoms with Crippen molar-refractivity contribution in [2.24, 2.45) is 0 Å². The number of unbranched alkanes of at least 4 members (excludes halogenated alkanes) is 1. The summed E-state index contributed by atoms with van der Waals surface area (Å²) in [4.78, 5) is 12.3. The van der Waals surface area contributed by atoms with E-state index in [9.17, 15) is 4.79 Å². The first-order valence-electron chi connectivity index (χ1n) is 9.34. The van der Waals surface area contributed by atoms with Gasteiger partial charge in [0.25, 0.3) is 5.91 Å². The molecule has 146 valence electrons. The highest BCUT2D eigenvalue weighted by molar-refractivity contribution is 5.80. The lowest BCUT2D eigenvalue weighted by Crippen LogP contribution is -2.35. The van der Waals surface area contributed by atoms with E-state index in [1.165, 1.54) is 0 Å². The zero-order valence-electron chi connectivity index (χ0n) is 16.6. The molecule has 1 atom stereocenters. The van der Waals surface area contributed by atoms with Gasteiger partial charge in [-0.15, -0.1) is 0 Å². The summed E-state index contributed by atoms with van der Waals surface area (Å²) in [5.41, 5.74) is 2.08. The molecule has 5 heteroatoms. The Morgan fingerprint density at radius 1 is 1.11 bits per heavy atom. The van der Waals surface area contributed by atoms with Gasteiger partial charge in [-0.2, -0.15) is 0 Å². The van der Waals surface area contributed by atoms with Gasteiger partial charge >= 0.3 is 0 Å². The van der Waals surface area contributed by atoms with Gasteiger partial charge in [-0.05, 0) is 50.1 Å². The van der Waals surface area contributed by atoms with Crippen LogP contribution in [0.3, 0.4) is 0 Å². The molecule has 0 aliphatic rings. The molecule has 1 N–H and O–H groups in total. The molecule has 0 aliphatic heterocycles. The Balaban J connectivity index is 1.88. The molecule has 1 unspecified atom stereocenters. The summed E-state index contributed by atoms with van der Waals surface area (Å²) in [5, 5.41) is 2.89. The van der Waals surface area contributed by atoms with Crippen LogP contribution in [0.15, 0.2) is 42.5 Å². The molecule has 2 aromatic carbocycles. The third-order valence-corrected chi connectivity index (χ3v) is 4.15. The molecule has 0 fully saturated rings. The molecular formula is C22H29NO4. The second-order valence-electron chi connectivity index (χ2n) is 6.48. The Labute approximate surface area is 161 Å². The van der Waals surface area contributed by atoms with Gasteiger partial charge in [0.15, 0.2) is 17.6 Å². The van der Waals surface area contributed by atoms with E-state index in [-0.39, 0.29) is 5.91 Å². The molecule has 1 amide bonds. The number of amides is 1. The predicted molar refractivity (Wildman–Crippen MR) is 107 cm³/mol. The van der Waals surface area contributed by atoms with E-state index >= 15 is 0 Å².